The number of carbonyl (C=O) groups is 3. The number of rotatable bonds is 7. The summed E-state index contributed by atoms with van der Waals surface area (Å²) < 4.78 is 4.49. The van der Waals surface area contributed by atoms with E-state index in [-0.39, 0.29) is 19.7 Å². The molecule has 0 aromatic rings. The predicted molar refractivity (Wildman–Crippen MR) is 47.1 cm³/mol. The van der Waals surface area contributed by atoms with Crippen molar-refractivity contribution in [2.45, 2.75) is 6.04 Å². The second-order valence-electron chi connectivity index (χ2n) is 2.49. The molecule has 0 aliphatic carbocycles. The molecule has 86 valence electrons. The van der Waals surface area contributed by atoms with Crippen LogP contribution < -0.4 is 11.1 Å². The Morgan fingerprint density at radius 1 is 1.27 bits per heavy atom. The lowest BCUT2D eigenvalue weighted by Gasteiger charge is -2.09. The van der Waals surface area contributed by atoms with Crippen molar-refractivity contribution in [1.82, 2.24) is 5.32 Å². The van der Waals surface area contributed by atoms with Crippen LogP contribution in [0, 0.1) is 0 Å². The van der Waals surface area contributed by atoms with Gasteiger partial charge in [-0.2, -0.15) is 0 Å². The highest BCUT2D eigenvalue weighted by Crippen LogP contribution is 1.84. The topological polar surface area (TPSA) is 139 Å². The summed E-state index contributed by atoms with van der Waals surface area (Å²) in [4.78, 5) is 31.2. The molecule has 0 rings (SSSR count). The highest BCUT2D eigenvalue weighted by molar-refractivity contribution is 5.97. The van der Waals surface area contributed by atoms with Crippen molar-refractivity contribution in [2.75, 3.05) is 19.7 Å². The zero-order chi connectivity index (χ0) is 11.8. The quantitative estimate of drug-likeness (QED) is 0.212. The van der Waals surface area contributed by atoms with E-state index in [0.29, 0.717) is 0 Å². The molecule has 8 nitrogen and oxygen atoms in total. The van der Waals surface area contributed by atoms with Gasteiger partial charge in [-0.05, 0) is 0 Å². The average molecular weight is 220 g/mol. The Labute approximate surface area is 85.0 Å². The zero-order valence-electron chi connectivity index (χ0n) is 7.80. The first-order chi connectivity index (χ1) is 6.99. The molecule has 0 unspecified atom stereocenters. The van der Waals surface area contributed by atoms with Gasteiger partial charge < -0.3 is 20.7 Å². The minimum atomic E-state index is -1.71. The summed E-state index contributed by atoms with van der Waals surface area (Å²) in [6.07, 6.45) is 0. The molecule has 0 aliphatic rings. The van der Waals surface area contributed by atoms with Crippen LogP contribution in [-0.4, -0.2) is 53.9 Å². The first-order valence-corrected chi connectivity index (χ1v) is 4.03. The van der Waals surface area contributed by atoms with Gasteiger partial charge in [0, 0.05) is 6.54 Å². The van der Waals surface area contributed by atoms with E-state index in [1.54, 1.807) is 0 Å². The molecule has 0 aliphatic heterocycles. The van der Waals surface area contributed by atoms with Crippen molar-refractivity contribution in [3.63, 3.8) is 0 Å². The number of nitrogens with one attached hydrogen (secondary N) is 1. The number of ether oxygens (including phenoxy) is 1. The smallest absolute Gasteiger partial charge is 0.332 e. The maximum atomic E-state index is 10.5. The average Bonchev–Trinajstić information content (AvgIpc) is 2.15. The first kappa shape index (κ1) is 13.3. The largest absolute Gasteiger partial charge is 0.480 e. The third-order valence-corrected chi connectivity index (χ3v) is 1.37. The summed E-state index contributed by atoms with van der Waals surface area (Å²) in [5.41, 5.74) is 4.93. The van der Waals surface area contributed by atoms with Crippen molar-refractivity contribution < 1.29 is 29.3 Å². The monoisotopic (exact) mass is 220 g/mol. The van der Waals surface area contributed by atoms with E-state index >= 15 is 0 Å². The predicted octanol–water partition coefficient (Wildman–Crippen LogP) is -2.38. The third-order valence-electron chi connectivity index (χ3n) is 1.37. The Bertz CT molecular complexity index is 240. The van der Waals surface area contributed by atoms with Crippen LogP contribution in [0.15, 0.2) is 0 Å². The zero-order valence-corrected chi connectivity index (χ0v) is 7.80. The van der Waals surface area contributed by atoms with Crippen LogP contribution in [0.3, 0.4) is 0 Å². The Hall–Kier alpha value is -1.67. The normalized spacial score (nSPS) is 10.0. The van der Waals surface area contributed by atoms with Crippen LogP contribution in [-0.2, 0) is 19.1 Å². The number of carboxylic acid groups (broad SMARTS) is 2. The molecule has 0 atom stereocenters. The van der Waals surface area contributed by atoms with Crippen molar-refractivity contribution in [3.8, 4) is 0 Å². The lowest BCUT2D eigenvalue weighted by molar-refractivity contribution is -0.151. The van der Waals surface area contributed by atoms with Crippen molar-refractivity contribution in [2.24, 2.45) is 5.73 Å². The molecule has 8 heteroatoms. The third kappa shape index (κ3) is 5.60. The molecule has 0 amide bonds. The minimum absolute atomic E-state index is 0.0744. The van der Waals surface area contributed by atoms with E-state index in [1.807, 2.05) is 0 Å². The lowest BCUT2D eigenvalue weighted by Crippen LogP contribution is -2.44. The number of carbonyl (C=O) groups excluding carboxylic acids is 1. The van der Waals surface area contributed by atoms with Gasteiger partial charge in [0.25, 0.3) is 0 Å². The molecule has 0 saturated heterocycles. The van der Waals surface area contributed by atoms with Crippen molar-refractivity contribution in [1.29, 1.82) is 0 Å². The van der Waals surface area contributed by atoms with Crippen molar-refractivity contribution >= 4 is 17.9 Å². The highest BCUT2D eigenvalue weighted by Gasteiger charge is 2.24. The molecule has 0 spiro atoms. The lowest BCUT2D eigenvalue weighted by atomic mass is 10.3. The van der Waals surface area contributed by atoms with Gasteiger partial charge in [0.2, 0.25) is 6.04 Å². The number of carboxylic acids is 2. The maximum Gasteiger partial charge on any atom is 0.332 e. The Kier molecular flexibility index (Phi) is 5.99. The van der Waals surface area contributed by atoms with Gasteiger partial charge >= 0.3 is 17.9 Å². The van der Waals surface area contributed by atoms with Gasteiger partial charge in [0.1, 0.15) is 6.61 Å². The molecule has 0 bridgehead atoms. The summed E-state index contributed by atoms with van der Waals surface area (Å²) in [5, 5.41) is 19.0. The van der Waals surface area contributed by atoms with Crippen molar-refractivity contribution in [3.05, 3.63) is 0 Å². The van der Waals surface area contributed by atoms with E-state index in [1.165, 1.54) is 0 Å². The summed E-state index contributed by atoms with van der Waals surface area (Å²) in [6, 6.07) is -1.71. The van der Waals surface area contributed by atoms with Crippen LogP contribution in [0.1, 0.15) is 0 Å². The number of hydrogen-bond acceptors (Lipinski definition) is 6. The van der Waals surface area contributed by atoms with Gasteiger partial charge in [-0.1, -0.05) is 0 Å². The molecule has 5 N–H and O–H groups in total. The number of hydrogen-bond donors (Lipinski definition) is 4. The van der Waals surface area contributed by atoms with Gasteiger partial charge in [0.05, 0.1) is 6.54 Å². The Balaban J connectivity index is 3.77. The molecule has 15 heavy (non-hydrogen) atoms. The standard InChI is InChI=1S/C7H12N2O6/c8-3-4(10)15-2-1-9-5(6(11)12)7(13)14/h5,9H,1-3,8H2,(H,11,12)(H,13,14). The summed E-state index contributed by atoms with van der Waals surface area (Å²) in [7, 11) is 0. The first-order valence-electron chi connectivity index (χ1n) is 4.03. The molecule has 0 radical (unpaired) electrons. The molecule has 0 fully saturated rings. The molecule has 0 aromatic carbocycles. The molecular weight excluding hydrogens is 208 g/mol. The molecular formula is C7H12N2O6. The molecule has 0 saturated carbocycles. The fourth-order valence-electron chi connectivity index (χ4n) is 0.707. The summed E-state index contributed by atoms with van der Waals surface area (Å²) in [5.74, 6) is -3.65. The van der Waals surface area contributed by atoms with Crippen LogP contribution in [0.2, 0.25) is 0 Å². The SMILES string of the molecule is NCC(=O)OCCNC(C(=O)O)C(=O)O. The minimum Gasteiger partial charge on any atom is -0.480 e. The fraction of sp³-hybridized carbons (Fsp3) is 0.571. The van der Waals surface area contributed by atoms with Crippen LogP contribution >= 0.6 is 0 Å². The van der Waals surface area contributed by atoms with Crippen LogP contribution in [0.5, 0.6) is 0 Å². The number of aliphatic carboxylic acids is 2. The number of esters is 1. The van der Waals surface area contributed by atoms with Crippen LogP contribution in [0.4, 0.5) is 0 Å². The molecule has 0 heterocycles. The van der Waals surface area contributed by atoms with E-state index in [2.05, 4.69) is 10.1 Å². The maximum absolute atomic E-state index is 10.5. The Morgan fingerprint density at radius 3 is 2.20 bits per heavy atom. The van der Waals surface area contributed by atoms with E-state index in [9.17, 15) is 14.4 Å². The van der Waals surface area contributed by atoms with Gasteiger partial charge in [-0.3, -0.25) is 10.1 Å². The summed E-state index contributed by atoms with van der Waals surface area (Å²) in [6.45, 7) is -0.483. The Morgan fingerprint density at radius 2 is 1.80 bits per heavy atom. The fourth-order valence-corrected chi connectivity index (χ4v) is 0.707. The number of nitrogens with two attached hydrogens (primary N) is 1. The van der Waals surface area contributed by atoms with Gasteiger partial charge in [-0.15, -0.1) is 0 Å². The second-order valence-corrected chi connectivity index (χ2v) is 2.49. The molecule has 0 aromatic heterocycles. The van der Waals surface area contributed by atoms with Gasteiger partial charge in [-0.25, -0.2) is 9.59 Å². The second kappa shape index (κ2) is 6.74. The van der Waals surface area contributed by atoms with E-state index in [0.717, 1.165) is 0 Å². The van der Waals surface area contributed by atoms with E-state index in [4.69, 9.17) is 15.9 Å². The highest BCUT2D eigenvalue weighted by atomic mass is 16.5. The van der Waals surface area contributed by atoms with Crippen LogP contribution in [0.25, 0.3) is 0 Å². The van der Waals surface area contributed by atoms with E-state index < -0.39 is 23.9 Å². The summed E-state index contributed by atoms with van der Waals surface area (Å²) >= 11 is 0. The van der Waals surface area contributed by atoms with Gasteiger partial charge in [0.15, 0.2) is 0 Å².